The normalized spacial score (nSPS) is 13.8. The van der Waals surface area contributed by atoms with Crippen molar-refractivity contribution in [3.8, 4) is 55.6 Å². The highest BCUT2D eigenvalue weighted by molar-refractivity contribution is 6.15. The molecule has 0 spiro atoms. The molecule has 356 valence electrons. The molecule has 0 radical (unpaired) electrons. The highest BCUT2D eigenvalue weighted by atomic mass is 16.3. The van der Waals surface area contributed by atoms with Gasteiger partial charge in [0.05, 0.1) is 16.5 Å². The summed E-state index contributed by atoms with van der Waals surface area (Å²) in [4.78, 5) is 2.43. The molecule has 0 aliphatic heterocycles. The summed E-state index contributed by atoms with van der Waals surface area (Å²) in [7, 11) is 0. The Labute approximate surface area is 440 Å². The van der Waals surface area contributed by atoms with Crippen molar-refractivity contribution < 1.29 is 8.83 Å². The van der Waals surface area contributed by atoms with Crippen LogP contribution in [0.15, 0.2) is 294 Å². The minimum absolute atomic E-state index is 0.663. The van der Waals surface area contributed by atoms with Crippen LogP contribution in [0.25, 0.3) is 99.5 Å². The van der Waals surface area contributed by atoms with Crippen molar-refractivity contribution in [2.75, 3.05) is 4.90 Å². The van der Waals surface area contributed by atoms with Gasteiger partial charge in [-0.2, -0.15) is 0 Å². The van der Waals surface area contributed by atoms with E-state index in [0.717, 1.165) is 83.2 Å². The van der Waals surface area contributed by atoms with Crippen molar-refractivity contribution in [2.45, 2.75) is 5.41 Å². The fraction of sp³-hybridized carbons (Fsp3) is 0.0137. The van der Waals surface area contributed by atoms with Gasteiger partial charge in [-0.3, -0.25) is 0 Å². The molecule has 1 aliphatic carbocycles. The van der Waals surface area contributed by atoms with E-state index in [1.54, 1.807) is 0 Å². The number of anilines is 3. The van der Waals surface area contributed by atoms with E-state index >= 15 is 0 Å². The molecule has 3 nitrogen and oxygen atoms in total. The summed E-state index contributed by atoms with van der Waals surface area (Å²) in [5.41, 5.74) is 22.6. The van der Waals surface area contributed by atoms with E-state index in [-0.39, 0.29) is 0 Å². The van der Waals surface area contributed by atoms with Crippen molar-refractivity contribution in [1.29, 1.82) is 0 Å². The number of furan rings is 2. The number of para-hydroxylation sites is 1. The van der Waals surface area contributed by atoms with Crippen LogP contribution in [0, 0.1) is 0 Å². The van der Waals surface area contributed by atoms with Crippen LogP contribution in [0.1, 0.15) is 22.3 Å². The third-order valence-corrected chi connectivity index (χ3v) is 15.8. The summed E-state index contributed by atoms with van der Waals surface area (Å²) >= 11 is 0. The quantitative estimate of drug-likeness (QED) is 0.144. The average molecular weight is 970 g/mol. The Morgan fingerprint density at radius 3 is 1.58 bits per heavy atom. The second-order valence-corrected chi connectivity index (χ2v) is 19.9. The van der Waals surface area contributed by atoms with Crippen LogP contribution in [-0.4, -0.2) is 0 Å². The van der Waals surface area contributed by atoms with Crippen LogP contribution >= 0.6 is 0 Å². The van der Waals surface area contributed by atoms with Crippen molar-refractivity contribution in [3.63, 3.8) is 0 Å². The molecule has 0 bridgehead atoms. The van der Waals surface area contributed by atoms with Gasteiger partial charge in [-0.05, 0) is 139 Å². The lowest BCUT2D eigenvalue weighted by molar-refractivity contribution is 0.668. The highest BCUT2D eigenvalue weighted by Crippen LogP contribution is 2.59. The van der Waals surface area contributed by atoms with Gasteiger partial charge in [0, 0.05) is 27.5 Å². The highest BCUT2D eigenvalue weighted by Gasteiger charge is 2.47. The Bertz CT molecular complexity index is 4500. The first-order chi connectivity index (χ1) is 37.7. The second-order valence-electron chi connectivity index (χ2n) is 19.9. The molecule has 15 rings (SSSR count). The van der Waals surface area contributed by atoms with Crippen LogP contribution in [0.2, 0.25) is 0 Å². The van der Waals surface area contributed by atoms with E-state index in [9.17, 15) is 0 Å². The number of nitrogens with zero attached hydrogens (tertiary/aromatic N) is 1. The standard InChI is InChI=1S/C73H47NO2/c1-4-18-48(19-5-1)50-36-38-51(39-37-50)58-28-15-31-64-70(58)60-26-10-12-30-63(60)73(64,54-22-8-3-9-23-54)55-24-14-25-57(47-55)74(56-43-40-52(41-44-56)59-29-16-34-68-71(59)61-27-11-13-33-66(61)75-68)65-32-17-35-69-72(65)62-46-53(42-45-67(62)76-69)49-20-6-2-7-21-49/h1-47H. The average Bonchev–Trinajstić information content (AvgIpc) is 4.36. The van der Waals surface area contributed by atoms with Gasteiger partial charge in [-0.15, -0.1) is 0 Å². The van der Waals surface area contributed by atoms with Crippen molar-refractivity contribution >= 4 is 60.9 Å². The van der Waals surface area contributed by atoms with Crippen molar-refractivity contribution in [1.82, 2.24) is 0 Å². The maximum absolute atomic E-state index is 6.75. The predicted molar refractivity (Wildman–Crippen MR) is 315 cm³/mol. The monoisotopic (exact) mass is 969 g/mol. The zero-order chi connectivity index (χ0) is 50.2. The van der Waals surface area contributed by atoms with Crippen LogP contribution in [0.4, 0.5) is 17.1 Å². The van der Waals surface area contributed by atoms with Crippen molar-refractivity contribution in [3.05, 3.63) is 307 Å². The third-order valence-electron chi connectivity index (χ3n) is 15.8. The fourth-order valence-electron chi connectivity index (χ4n) is 12.4. The van der Waals surface area contributed by atoms with Gasteiger partial charge in [0.2, 0.25) is 0 Å². The van der Waals surface area contributed by atoms with Crippen LogP contribution < -0.4 is 4.90 Å². The topological polar surface area (TPSA) is 29.5 Å². The molecule has 1 atom stereocenters. The molecule has 0 saturated carbocycles. The molecule has 1 unspecified atom stereocenters. The van der Waals surface area contributed by atoms with Gasteiger partial charge < -0.3 is 13.7 Å². The lowest BCUT2D eigenvalue weighted by Gasteiger charge is -2.35. The smallest absolute Gasteiger partial charge is 0.137 e. The molecule has 14 aromatic rings. The van der Waals surface area contributed by atoms with E-state index in [4.69, 9.17) is 8.83 Å². The molecule has 0 saturated heterocycles. The molecular formula is C73H47NO2. The molecular weight excluding hydrogens is 923 g/mol. The number of fused-ring (bicyclic) bond motifs is 9. The molecule has 12 aromatic carbocycles. The maximum Gasteiger partial charge on any atom is 0.137 e. The summed E-state index contributed by atoms with van der Waals surface area (Å²) in [6.45, 7) is 0. The summed E-state index contributed by atoms with van der Waals surface area (Å²) in [6, 6.07) is 103. The SMILES string of the molecule is c1ccc(-c2ccc(-c3cccc4c3-c3ccccc3C4(c3ccccc3)c3cccc(N(c4ccc(-c5cccc6oc7ccccc7c56)cc4)c4cccc5oc6ccc(-c7ccccc7)cc6c45)c3)cc2)cc1. The molecule has 2 aromatic heterocycles. The van der Waals surface area contributed by atoms with Gasteiger partial charge in [0.15, 0.2) is 0 Å². The summed E-state index contributed by atoms with van der Waals surface area (Å²) < 4.78 is 13.1. The number of hydrogen-bond acceptors (Lipinski definition) is 3. The van der Waals surface area contributed by atoms with E-state index in [2.05, 4.69) is 278 Å². The Hall–Kier alpha value is -9.96. The summed E-state index contributed by atoms with van der Waals surface area (Å²) in [5, 5.41) is 4.35. The van der Waals surface area contributed by atoms with E-state index in [1.165, 1.54) is 55.6 Å². The Morgan fingerprint density at radius 1 is 0.276 bits per heavy atom. The van der Waals surface area contributed by atoms with Crippen LogP contribution in [0.3, 0.4) is 0 Å². The molecule has 1 aliphatic rings. The number of benzene rings is 12. The van der Waals surface area contributed by atoms with Crippen LogP contribution in [0.5, 0.6) is 0 Å². The van der Waals surface area contributed by atoms with Gasteiger partial charge in [0.1, 0.15) is 22.3 Å². The first-order valence-corrected chi connectivity index (χ1v) is 26.1. The lowest BCUT2D eigenvalue weighted by Crippen LogP contribution is -2.29. The second kappa shape index (κ2) is 17.6. The molecule has 0 fully saturated rings. The van der Waals surface area contributed by atoms with E-state index in [0.29, 0.717) is 0 Å². The zero-order valence-corrected chi connectivity index (χ0v) is 41.4. The van der Waals surface area contributed by atoms with Crippen molar-refractivity contribution in [2.24, 2.45) is 0 Å². The van der Waals surface area contributed by atoms with Crippen LogP contribution in [-0.2, 0) is 5.41 Å². The minimum Gasteiger partial charge on any atom is -0.456 e. The molecule has 3 heteroatoms. The lowest BCUT2D eigenvalue weighted by atomic mass is 9.67. The predicted octanol–water partition coefficient (Wildman–Crippen LogP) is 20.0. The number of rotatable bonds is 9. The minimum atomic E-state index is -0.663. The van der Waals surface area contributed by atoms with E-state index in [1.807, 2.05) is 12.1 Å². The Morgan fingerprint density at radius 2 is 0.789 bits per heavy atom. The van der Waals surface area contributed by atoms with Gasteiger partial charge in [-0.25, -0.2) is 0 Å². The molecule has 0 amide bonds. The zero-order valence-electron chi connectivity index (χ0n) is 41.4. The first-order valence-electron chi connectivity index (χ1n) is 26.1. The largest absolute Gasteiger partial charge is 0.456 e. The first kappa shape index (κ1) is 43.6. The third kappa shape index (κ3) is 6.83. The summed E-state index contributed by atoms with van der Waals surface area (Å²) in [5.74, 6) is 0. The summed E-state index contributed by atoms with van der Waals surface area (Å²) in [6.07, 6.45) is 0. The Kier molecular flexibility index (Phi) is 10.1. The fourth-order valence-corrected chi connectivity index (χ4v) is 12.4. The molecule has 0 N–H and O–H groups in total. The Balaban J connectivity index is 0.950. The molecule has 2 heterocycles. The van der Waals surface area contributed by atoms with Gasteiger partial charge in [-0.1, -0.05) is 224 Å². The van der Waals surface area contributed by atoms with E-state index < -0.39 is 5.41 Å². The van der Waals surface area contributed by atoms with Gasteiger partial charge >= 0.3 is 0 Å². The number of hydrogen-bond donors (Lipinski definition) is 0. The molecule has 76 heavy (non-hydrogen) atoms. The maximum atomic E-state index is 6.75. The van der Waals surface area contributed by atoms with Gasteiger partial charge in [0.25, 0.3) is 0 Å².